The van der Waals surface area contributed by atoms with E-state index in [-0.39, 0.29) is 5.41 Å². The molecule has 0 spiro atoms. The minimum Gasteiger partial charge on any atom is -0.252 e. The first-order chi connectivity index (χ1) is 24.1. The van der Waals surface area contributed by atoms with E-state index < -0.39 is 0 Å². The second-order valence-corrected chi connectivity index (χ2v) is 13.7. The molecule has 0 fully saturated rings. The van der Waals surface area contributed by atoms with Gasteiger partial charge < -0.3 is 0 Å². The van der Waals surface area contributed by atoms with Gasteiger partial charge in [-0.2, -0.15) is 0 Å². The third kappa shape index (κ3) is 4.07. The van der Waals surface area contributed by atoms with Crippen molar-refractivity contribution in [3.05, 3.63) is 169 Å². The second kappa shape index (κ2) is 10.4. The van der Waals surface area contributed by atoms with Crippen LogP contribution in [0.3, 0.4) is 0 Å². The van der Waals surface area contributed by atoms with Crippen molar-refractivity contribution in [1.82, 2.24) is 9.97 Å². The first-order valence-electron chi connectivity index (χ1n) is 17.0. The molecular formula is C47H32N2. The van der Waals surface area contributed by atoms with Gasteiger partial charge in [-0.1, -0.05) is 147 Å². The van der Waals surface area contributed by atoms with Crippen LogP contribution in [0.15, 0.2) is 158 Å². The third-order valence-corrected chi connectivity index (χ3v) is 10.7. The van der Waals surface area contributed by atoms with Crippen molar-refractivity contribution in [2.45, 2.75) is 19.3 Å². The molecule has 1 aliphatic carbocycles. The van der Waals surface area contributed by atoms with Crippen LogP contribution >= 0.6 is 0 Å². The van der Waals surface area contributed by atoms with Gasteiger partial charge in [0, 0.05) is 11.0 Å². The Bertz CT molecular complexity index is 2800. The minimum absolute atomic E-state index is 0.0950. The summed E-state index contributed by atoms with van der Waals surface area (Å²) < 4.78 is 0. The van der Waals surface area contributed by atoms with Gasteiger partial charge in [0.25, 0.3) is 0 Å². The van der Waals surface area contributed by atoms with E-state index in [1.807, 2.05) is 24.4 Å². The summed E-state index contributed by atoms with van der Waals surface area (Å²) in [6.45, 7) is 4.72. The van der Waals surface area contributed by atoms with Crippen molar-refractivity contribution in [2.24, 2.45) is 0 Å². The summed E-state index contributed by atoms with van der Waals surface area (Å²) in [6, 6.07) is 55.2. The van der Waals surface area contributed by atoms with Crippen LogP contribution in [-0.2, 0) is 5.41 Å². The van der Waals surface area contributed by atoms with E-state index in [1.165, 1.54) is 76.8 Å². The first kappa shape index (κ1) is 27.9. The van der Waals surface area contributed by atoms with Crippen LogP contribution in [0.4, 0.5) is 0 Å². The highest BCUT2D eigenvalue weighted by molar-refractivity contribution is 6.23. The molecule has 0 unspecified atom stereocenters. The number of nitrogens with zero attached hydrogens (tertiary/aromatic N) is 2. The molecule has 2 nitrogen and oxygen atoms in total. The van der Waals surface area contributed by atoms with E-state index in [0.717, 1.165) is 22.3 Å². The molecule has 1 aliphatic rings. The Labute approximate surface area is 285 Å². The molecule has 0 amide bonds. The fraction of sp³-hybridized carbons (Fsp3) is 0.0638. The molecule has 0 N–H and O–H groups in total. The number of hydrogen-bond donors (Lipinski definition) is 0. The number of fused-ring (bicyclic) bond motifs is 7. The molecule has 0 bridgehead atoms. The monoisotopic (exact) mass is 624 g/mol. The first-order valence-corrected chi connectivity index (χ1v) is 17.0. The number of benzene rings is 8. The van der Waals surface area contributed by atoms with Gasteiger partial charge in [0.05, 0.1) is 22.9 Å². The molecule has 1 heterocycles. The van der Waals surface area contributed by atoms with E-state index in [9.17, 15) is 0 Å². The molecule has 0 radical (unpaired) electrons. The van der Waals surface area contributed by atoms with E-state index in [1.54, 1.807) is 0 Å². The Morgan fingerprint density at radius 2 is 1.04 bits per heavy atom. The van der Waals surface area contributed by atoms with E-state index in [2.05, 4.69) is 147 Å². The van der Waals surface area contributed by atoms with E-state index in [0.29, 0.717) is 0 Å². The smallest absolute Gasteiger partial charge is 0.0905 e. The largest absolute Gasteiger partial charge is 0.252 e. The average Bonchev–Trinajstić information content (AvgIpc) is 3.39. The van der Waals surface area contributed by atoms with Crippen LogP contribution in [0.5, 0.6) is 0 Å². The fourth-order valence-corrected chi connectivity index (χ4v) is 8.43. The van der Waals surface area contributed by atoms with Gasteiger partial charge in [-0.25, -0.2) is 4.98 Å². The average molecular weight is 625 g/mol. The molecule has 49 heavy (non-hydrogen) atoms. The van der Waals surface area contributed by atoms with E-state index in [4.69, 9.17) is 9.97 Å². The molecule has 230 valence electrons. The summed E-state index contributed by atoms with van der Waals surface area (Å²) in [6.07, 6.45) is 1.95. The zero-order chi connectivity index (χ0) is 32.7. The number of para-hydroxylation sites is 2. The lowest BCUT2D eigenvalue weighted by molar-refractivity contribution is 0.660. The molecule has 2 heteroatoms. The third-order valence-electron chi connectivity index (χ3n) is 10.7. The maximum absolute atomic E-state index is 5.21. The van der Waals surface area contributed by atoms with Crippen molar-refractivity contribution in [1.29, 1.82) is 0 Å². The minimum atomic E-state index is -0.0950. The van der Waals surface area contributed by atoms with Crippen molar-refractivity contribution < 1.29 is 0 Å². The predicted octanol–water partition coefficient (Wildman–Crippen LogP) is 12.4. The zero-order valence-electron chi connectivity index (χ0n) is 27.4. The second-order valence-electron chi connectivity index (χ2n) is 13.7. The highest BCUT2D eigenvalue weighted by Gasteiger charge is 2.37. The standard InChI is InChI=1S/C47H32N2/c1-47(2)39-21-8-7-18-36(39)45-37(20-12-22-40(45)47)44-33-16-5-6-17-34(33)46(43-28-48-41-23-9-10-24-42(41)49-43)35-26-25-30(27-38(35)44)32-19-11-14-29-13-3-4-15-31(29)32/h3-28H,1-2H3. The maximum atomic E-state index is 5.21. The van der Waals surface area contributed by atoms with Gasteiger partial charge >= 0.3 is 0 Å². The summed E-state index contributed by atoms with van der Waals surface area (Å²) in [5.41, 5.74) is 14.1. The van der Waals surface area contributed by atoms with Gasteiger partial charge in [-0.05, 0) is 95.0 Å². The Morgan fingerprint density at radius 1 is 0.429 bits per heavy atom. The predicted molar refractivity (Wildman–Crippen MR) is 206 cm³/mol. The Balaban J connectivity index is 1.37. The van der Waals surface area contributed by atoms with Crippen molar-refractivity contribution in [2.75, 3.05) is 0 Å². The van der Waals surface area contributed by atoms with Gasteiger partial charge in [0.1, 0.15) is 0 Å². The lowest BCUT2D eigenvalue weighted by Gasteiger charge is -2.23. The number of hydrogen-bond acceptors (Lipinski definition) is 2. The van der Waals surface area contributed by atoms with Crippen molar-refractivity contribution in [3.63, 3.8) is 0 Å². The number of aromatic nitrogens is 2. The number of rotatable bonds is 3. The molecule has 1 aromatic heterocycles. The van der Waals surface area contributed by atoms with E-state index >= 15 is 0 Å². The van der Waals surface area contributed by atoms with Crippen molar-refractivity contribution >= 4 is 43.4 Å². The molecule has 0 aliphatic heterocycles. The van der Waals surface area contributed by atoms with Gasteiger partial charge in [0.15, 0.2) is 0 Å². The Kier molecular flexibility index (Phi) is 5.95. The molecule has 0 atom stereocenters. The van der Waals surface area contributed by atoms with Crippen molar-refractivity contribution in [3.8, 4) is 44.6 Å². The zero-order valence-corrected chi connectivity index (χ0v) is 27.4. The lowest BCUT2D eigenvalue weighted by atomic mass is 9.80. The summed E-state index contributed by atoms with van der Waals surface area (Å²) in [5, 5.41) is 7.27. The lowest BCUT2D eigenvalue weighted by Crippen LogP contribution is -2.14. The van der Waals surface area contributed by atoms with Crippen LogP contribution in [-0.4, -0.2) is 9.97 Å². The maximum Gasteiger partial charge on any atom is 0.0905 e. The molecule has 10 rings (SSSR count). The van der Waals surface area contributed by atoms with Crippen LogP contribution in [0.25, 0.3) is 88.0 Å². The molecule has 8 aromatic carbocycles. The quantitative estimate of drug-likeness (QED) is 0.183. The van der Waals surface area contributed by atoms with Crippen LogP contribution in [0, 0.1) is 0 Å². The van der Waals surface area contributed by atoms with Crippen LogP contribution < -0.4 is 0 Å². The summed E-state index contributed by atoms with van der Waals surface area (Å²) >= 11 is 0. The summed E-state index contributed by atoms with van der Waals surface area (Å²) in [4.78, 5) is 10.1. The van der Waals surface area contributed by atoms with Gasteiger partial charge in [-0.15, -0.1) is 0 Å². The normalized spacial score (nSPS) is 13.3. The van der Waals surface area contributed by atoms with Gasteiger partial charge in [0.2, 0.25) is 0 Å². The highest BCUT2D eigenvalue weighted by atomic mass is 14.8. The molecular weight excluding hydrogens is 593 g/mol. The SMILES string of the molecule is CC1(C)c2ccccc2-c2c(-c3c4ccccc4c(-c4cnc5ccccc5n4)c4ccc(-c5cccc6ccccc56)cc34)cccc21. The molecule has 0 saturated carbocycles. The summed E-state index contributed by atoms with van der Waals surface area (Å²) in [5.74, 6) is 0. The Hall–Kier alpha value is -6.12. The summed E-state index contributed by atoms with van der Waals surface area (Å²) in [7, 11) is 0. The Morgan fingerprint density at radius 3 is 1.92 bits per heavy atom. The topological polar surface area (TPSA) is 25.8 Å². The molecule has 9 aromatic rings. The highest BCUT2D eigenvalue weighted by Crippen LogP contribution is 2.54. The van der Waals surface area contributed by atoms with Gasteiger partial charge in [-0.3, -0.25) is 4.98 Å². The van der Waals surface area contributed by atoms with Crippen LogP contribution in [0.1, 0.15) is 25.0 Å². The van der Waals surface area contributed by atoms with Crippen LogP contribution in [0.2, 0.25) is 0 Å². The molecule has 0 saturated heterocycles. The fourth-order valence-electron chi connectivity index (χ4n) is 8.43.